The Morgan fingerprint density at radius 3 is 2.62 bits per heavy atom. The van der Waals surface area contributed by atoms with Gasteiger partial charge in [-0.1, -0.05) is 35.5 Å². The molecule has 0 unspecified atom stereocenters. The molecule has 2 rings (SSSR count). The fourth-order valence-electron chi connectivity index (χ4n) is 1.12. The second-order valence-corrected chi connectivity index (χ2v) is 3.83. The van der Waals surface area contributed by atoms with Crippen LogP contribution >= 0.6 is 22.6 Å². The number of benzene rings is 1. The average molecular weight is 285 g/mol. The number of hydrogen-bond donors (Lipinski definition) is 0. The molecule has 1 aromatic carbocycles. The highest BCUT2D eigenvalue weighted by Gasteiger charge is 1.96. The van der Waals surface area contributed by atoms with Crippen LogP contribution < -0.4 is 0 Å². The minimum atomic E-state index is 0.789. The molecule has 0 atom stereocenters. The smallest absolute Gasteiger partial charge is 0.143 e. The van der Waals surface area contributed by atoms with Crippen LogP contribution in [-0.4, -0.2) is 15.0 Å². The van der Waals surface area contributed by atoms with E-state index in [1.807, 2.05) is 29.1 Å². The van der Waals surface area contributed by atoms with E-state index in [4.69, 9.17) is 0 Å². The lowest BCUT2D eigenvalue weighted by atomic mass is 10.2. The van der Waals surface area contributed by atoms with E-state index in [9.17, 15) is 0 Å². The Morgan fingerprint density at radius 1 is 1.23 bits per heavy atom. The van der Waals surface area contributed by atoms with Gasteiger partial charge in [-0.15, -0.1) is 5.10 Å². The van der Waals surface area contributed by atoms with Crippen LogP contribution in [0.2, 0.25) is 0 Å². The zero-order valence-corrected chi connectivity index (χ0v) is 9.05. The minimum Gasteiger partial charge on any atom is -0.247 e. The maximum absolute atomic E-state index is 3.97. The lowest BCUT2D eigenvalue weighted by Gasteiger charge is -1.98. The van der Waals surface area contributed by atoms with Crippen LogP contribution in [0.3, 0.4) is 0 Å². The number of hydrogen-bond acceptors (Lipinski definition) is 2. The van der Waals surface area contributed by atoms with Gasteiger partial charge in [-0.2, -0.15) is 0 Å². The third kappa shape index (κ3) is 2.27. The van der Waals surface area contributed by atoms with Gasteiger partial charge < -0.3 is 0 Å². The Bertz CT molecular complexity index is 383. The van der Waals surface area contributed by atoms with Gasteiger partial charge >= 0.3 is 0 Å². The van der Waals surface area contributed by atoms with Crippen LogP contribution in [0.15, 0.2) is 36.5 Å². The molecule has 0 fully saturated rings. The maximum atomic E-state index is 3.97. The number of halogens is 1. The van der Waals surface area contributed by atoms with E-state index in [-0.39, 0.29) is 0 Å². The molecule has 0 aliphatic rings. The van der Waals surface area contributed by atoms with Crippen molar-refractivity contribution in [3.8, 4) is 0 Å². The highest BCUT2D eigenvalue weighted by Crippen LogP contribution is 2.02. The van der Waals surface area contributed by atoms with Crippen molar-refractivity contribution in [1.82, 2.24) is 15.0 Å². The average Bonchev–Trinajstić information content (AvgIpc) is 2.53. The summed E-state index contributed by atoms with van der Waals surface area (Å²) < 4.78 is 2.76. The van der Waals surface area contributed by atoms with Crippen molar-refractivity contribution in [2.45, 2.75) is 6.54 Å². The van der Waals surface area contributed by atoms with Gasteiger partial charge in [-0.3, -0.25) is 0 Å². The third-order valence-corrected chi connectivity index (χ3v) is 2.19. The highest BCUT2D eigenvalue weighted by atomic mass is 127. The molecular formula is C9H8IN3. The molecule has 13 heavy (non-hydrogen) atoms. The lowest BCUT2D eigenvalue weighted by molar-refractivity contribution is 0.649. The standard InChI is InChI=1S/C9H8IN3/c10-9-7-13(12-11-9)6-8-4-2-1-3-5-8/h1-5,7H,6H2. The van der Waals surface area contributed by atoms with E-state index >= 15 is 0 Å². The molecule has 0 aliphatic heterocycles. The van der Waals surface area contributed by atoms with Gasteiger partial charge in [-0.05, 0) is 28.2 Å². The summed E-state index contributed by atoms with van der Waals surface area (Å²) in [5.74, 6) is 0. The van der Waals surface area contributed by atoms with Crippen molar-refractivity contribution in [2.24, 2.45) is 0 Å². The summed E-state index contributed by atoms with van der Waals surface area (Å²) in [7, 11) is 0. The molecule has 0 spiro atoms. The zero-order valence-electron chi connectivity index (χ0n) is 6.89. The minimum absolute atomic E-state index is 0.789. The Morgan fingerprint density at radius 2 is 2.00 bits per heavy atom. The van der Waals surface area contributed by atoms with Crippen LogP contribution in [0.1, 0.15) is 5.56 Å². The summed E-state index contributed by atoms with van der Waals surface area (Å²) in [6, 6.07) is 10.2. The van der Waals surface area contributed by atoms with E-state index < -0.39 is 0 Å². The molecule has 66 valence electrons. The Kier molecular flexibility index (Phi) is 2.58. The second kappa shape index (κ2) is 3.87. The molecular weight excluding hydrogens is 277 g/mol. The quantitative estimate of drug-likeness (QED) is 0.789. The number of nitrogens with zero attached hydrogens (tertiary/aromatic N) is 3. The molecule has 0 aliphatic carbocycles. The molecule has 1 aromatic heterocycles. The van der Waals surface area contributed by atoms with Gasteiger partial charge in [0.2, 0.25) is 0 Å². The topological polar surface area (TPSA) is 30.7 Å². The van der Waals surface area contributed by atoms with Crippen molar-refractivity contribution >= 4 is 22.6 Å². The lowest BCUT2D eigenvalue weighted by Crippen LogP contribution is -1.99. The first kappa shape index (κ1) is 8.68. The van der Waals surface area contributed by atoms with Crippen LogP contribution in [0.25, 0.3) is 0 Å². The monoisotopic (exact) mass is 285 g/mol. The number of aromatic nitrogens is 3. The first-order valence-corrected chi connectivity index (χ1v) is 5.02. The molecule has 0 amide bonds. The van der Waals surface area contributed by atoms with E-state index in [1.54, 1.807) is 0 Å². The first-order valence-electron chi connectivity index (χ1n) is 3.94. The largest absolute Gasteiger partial charge is 0.247 e. The van der Waals surface area contributed by atoms with Crippen LogP contribution in [0.4, 0.5) is 0 Å². The van der Waals surface area contributed by atoms with E-state index in [0.29, 0.717) is 0 Å². The fraction of sp³-hybridized carbons (Fsp3) is 0.111. The molecule has 0 N–H and O–H groups in total. The second-order valence-electron chi connectivity index (χ2n) is 2.72. The van der Waals surface area contributed by atoms with Crippen LogP contribution in [0, 0.1) is 3.70 Å². The summed E-state index contributed by atoms with van der Waals surface area (Å²) in [5, 5.41) is 7.88. The van der Waals surface area contributed by atoms with Gasteiger partial charge in [0.05, 0.1) is 12.7 Å². The summed E-state index contributed by atoms with van der Waals surface area (Å²) >= 11 is 2.15. The Labute approximate surface area is 89.9 Å². The SMILES string of the molecule is Ic1cn(Cc2ccccc2)nn1. The zero-order chi connectivity index (χ0) is 9.10. The summed E-state index contributed by atoms with van der Waals surface area (Å²) in [6.45, 7) is 0.789. The van der Waals surface area contributed by atoms with Gasteiger partial charge in [0, 0.05) is 0 Å². The molecule has 0 radical (unpaired) electrons. The van der Waals surface area contributed by atoms with Crippen molar-refractivity contribution < 1.29 is 0 Å². The Hall–Kier alpha value is -0.910. The molecule has 0 saturated heterocycles. The van der Waals surface area contributed by atoms with E-state index in [2.05, 4.69) is 45.0 Å². The normalized spacial score (nSPS) is 10.2. The summed E-state index contributed by atoms with van der Waals surface area (Å²) in [4.78, 5) is 0. The first-order chi connectivity index (χ1) is 6.34. The third-order valence-electron chi connectivity index (χ3n) is 1.70. The molecule has 0 saturated carbocycles. The molecule has 4 heteroatoms. The predicted molar refractivity (Wildman–Crippen MR) is 58.3 cm³/mol. The molecule has 1 heterocycles. The van der Waals surface area contributed by atoms with Crippen LogP contribution in [-0.2, 0) is 6.54 Å². The highest BCUT2D eigenvalue weighted by molar-refractivity contribution is 14.1. The van der Waals surface area contributed by atoms with Crippen molar-refractivity contribution in [1.29, 1.82) is 0 Å². The van der Waals surface area contributed by atoms with Crippen molar-refractivity contribution in [3.63, 3.8) is 0 Å². The summed E-state index contributed by atoms with van der Waals surface area (Å²) in [6.07, 6.45) is 1.92. The molecule has 0 bridgehead atoms. The molecule has 2 aromatic rings. The van der Waals surface area contributed by atoms with Gasteiger partial charge in [0.15, 0.2) is 0 Å². The number of rotatable bonds is 2. The van der Waals surface area contributed by atoms with Gasteiger partial charge in [0.1, 0.15) is 3.70 Å². The molecule has 3 nitrogen and oxygen atoms in total. The van der Waals surface area contributed by atoms with E-state index in [0.717, 1.165) is 10.2 Å². The fourth-order valence-corrected chi connectivity index (χ4v) is 1.54. The van der Waals surface area contributed by atoms with Gasteiger partial charge in [-0.25, -0.2) is 4.68 Å². The van der Waals surface area contributed by atoms with Gasteiger partial charge in [0.25, 0.3) is 0 Å². The van der Waals surface area contributed by atoms with Crippen molar-refractivity contribution in [3.05, 3.63) is 45.8 Å². The maximum Gasteiger partial charge on any atom is 0.143 e. The summed E-state index contributed by atoms with van der Waals surface area (Å²) in [5.41, 5.74) is 1.24. The van der Waals surface area contributed by atoms with Crippen molar-refractivity contribution in [2.75, 3.05) is 0 Å². The van der Waals surface area contributed by atoms with E-state index in [1.165, 1.54) is 5.56 Å². The van der Waals surface area contributed by atoms with Crippen LogP contribution in [0.5, 0.6) is 0 Å². The predicted octanol–water partition coefficient (Wildman–Crippen LogP) is 1.93. The Balaban J connectivity index is 2.15.